The maximum Gasteiger partial charge on any atom is 0.387 e. The summed E-state index contributed by atoms with van der Waals surface area (Å²) in [5.74, 6) is -0.227. The van der Waals surface area contributed by atoms with Crippen molar-refractivity contribution in [2.45, 2.75) is 20.1 Å². The van der Waals surface area contributed by atoms with Gasteiger partial charge in [0.05, 0.1) is 12.2 Å². The summed E-state index contributed by atoms with van der Waals surface area (Å²) in [4.78, 5) is 11.9. The molecule has 0 bridgehead atoms. The largest absolute Gasteiger partial charge is 0.433 e. The van der Waals surface area contributed by atoms with Gasteiger partial charge in [0.25, 0.3) is 0 Å². The number of halogens is 2. The maximum absolute atomic E-state index is 12.3. The fourth-order valence-corrected chi connectivity index (χ4v) is 2.05. The molecule has 2 N–H and O–H groups in total. The van der Waals surface area contributed by atoms with Crippen LogP contribution in [0.2, 0.25) is 0 Å². The quantitative estimate of drug-likeness (QED) is 0.823. The summed E-state index contributed by atoms with van der Waals surface area (Å²) in [7, 11) is 0. The third-order valence-corrected chi connectivity index (χ3v) is 3.28. The molecule has 6 heteroatoms. The van der Waals surface area contributed by atoms with Crippen LogP contribution in [0.3, 0.4) is 0 Å². The number of rotatable bonds is 7. The van der Waals surface area contributed by atoms with Gasteiger partial charge in [0, 0.05) is 6.54 Å². The zero-order valence-electron chi connectivity index (χ0n) is 12.7. The van der Waals surface area contributed by atoms with Crippen LogP contribution in [0.1, 0.15) is 11.1 Å². The number of para-hydroxylation sites is 2. The number of carbonyl (C=O) groups is 1. The Hall–Kier alpha value is -2.63. The second-order valence-corrected chi connectivity index (χ2v) is 4.93. The van der Waals surface area contributed by atoms with Crippen molar-refractivity contribution in [1.82, 2.24) is 5.32 Å². The summed E-state index contributed by atoms with van der Waals surface area (Å²) >= 11 is 0. The minimum atomic E-state index is -2.91. The molecule has 0 atom stereocenters. The molecule has 0 spiro atoms. The van der Waals surface area contributed by atoms with Crippen LogP contribution in [0.25, 0.3) is 0 Å². The number of anilines is 1. The smallest absolute Gasteiger partial charge is 0.387 e. The lowest BCUT2D eigenvalue weighted by Crippen LogP contribution is -2.29. The van der Waals surface area contributed by atoms with Crippen molar-refractivity contribution in [3.63, 3.8) is 0 Å². The van der Waals surface area contributed by atoms with Gasteiger partial charge >= 0.3 is 6.61 Å². The monoisotopic (exact) mass is 320 g/mol. The van der Waals surface area contributed by atoms with Crippen molar-refractivity contribution in [1.29, 1.82) is 0 Å². The van der Waals surface area contributed by atoms with Crippen LogP contribution < -0.4 is 15.4 Å². The Kier molecular flexibility index (Phi) is 5.91. The van der Waals surface area contributed by atoms with Gasteiger partial charge in [-0.3, -0.25) is 4.79 Å². The number of ether oxygens (including phenoxy) is 1. The van der Waals surface area contributed by atoms with Crippen molar-refractivity contribution in [3.05, 3.63) is 59.7 Å². The number of amides is 1. The average Bonchev–Trinajstić information content (AvgIpc) is 2.53. The van der Waals surface area contributed by atoms with Crippen LogP contribution in [-0.2, 0) is 11.3 Å². The number of hydrogen-bond acceptors (Lipinski definition) is 3. The fourth-order valence-electron chi connectivity index (χ4n) is 2.05. The lowest BCUT2D eigenvalue weighted by molar-refractivity contribution is -0.119. The molecule has 0 saturated carbocycles. The van der Waals surface area contributed by atoms with E-state index in [2.05, 4.69) is 15.4 Å². The van der Waals surface area contributed by atoms with Crippen LogP contribution in [0.4, 0.5) is 14.5 Å². The second kappa shape index (κ2) is 8.12. The van der Waals surface area contributed by atoms with E-state index in [1.807, 2.05) is 31.2 Å². The van der Waals surface area contributed by atoms with Crippen LogP contribution in [0.15, 0.2) is 48.5 Å². The molecule has 0 unspecified atom stereocenters. The number of alkyl halides is 2. The highest BCUT2D eigenvalue weighted by atomic mass is 19.3. The predicted molar refractivity (Wildman–Crippen MR) is 84.6 cm³/mol. The van der Waals surface area contributed by atoms with Gasteiger partial charge in [-0.25, -0.2) is 0 Å². The van der Waals surface area contributed by atoms with Crippen LogP contribution >= 0.6 is 0 Å². The number of hydrogen-bond donors (Lipinski definition) is 2. The van der Waals surface area contributed by atoms with Crippen LogP contribution in [0.5, 0.6) is 5.75 Å². The van der Waals surface area contributed by atoms with E-state index in [0.29, 0.717) is 12.2 Å². The molecule has 0 heterocycles. The van der Waals surface area contributed by atoms with E-state index >= 15 is 0 Å². The van der Waals surface area contributed by atoms with Gasteiger partial charge in [-0.15, -0.1) is 0 Å². The first-order valence-corrected chi connectivity index (χ1v) is 7.15. The minimum Gasteiger partial charge on any atom is -0.433 e. The Bertz CT molecular complexity index is 663. The molecule has 1 amide bonds. The molecule has 23 heavy (non-hydrogen) atoms. The standard InChI is InChI=1S/C17H18F2N2O2/c1-12-6-2-3-7-13(12)10-21-16(22)11-20-14-8-4-5-9-15(14)23-17(18)19/h2-9,17,20H,10-11H2,1H3,(H,21,22). The van der Waals surface area contributed by atoms with Crippen LogP contribution in [-0.4, -0.2) is 19.1 Å². The normalized spacial score (nSPS) is 10.4. The predicted octanol–water partition coefficient (Wildman–Crippen LogP) is 3.32. The van der Waals surface area contributed by atoms with Gasteiger partial charge in [-0.05, 0) is 30.2 Å². The fraction of sp³-hybridized carbons (Fsp3) is 0.235. The third kappa shape index (κ3) is 5.25. The summed E-state index contributed by atoms with van der Waals surface area (Å²) in [6, 6.07) is 14.0. The minimum absolute atomic E-state index is 0.00852. The molecule has 0 aliphatic heterocycles. The van der Waals surface area contributed by atoms with Crippen molar-refractivity contribution in [2.24, 2.45) is 0 Å². The van der Waals surface area contributed by atoms with Gasteiger partial charge in [-0.2, -0.15) is 8.78 Å². The summed E-state index contributed by atoms with van der Waals surface area (Å²) in [6.45, 7) is -0.553. The van der Waals surface area contributed by atoms with Gasteiger partial charge in [0.15, 0.2) is 0 Å². The Morgan fingerprint density at radius 1 is 1.13 bits per heavy atom. The van der Waals surface area contributed by atoms with E-state index in [1.54, 1.807) is 18.2 Å². The highest BCUT2D eigenvalue weighted by molar-refractivity contribution is 5.81. The molecular formula is C17H18F2N2O2. The first kappa shape index (κ1) is 16.7. The van der Waals surface area contributed by atoms with Crippen molar-refractivity contribution in [2.75, 3.05) is 11.9 Å². The van der Waals surface area contributed by atoms with E-state index in [4.69, 9.17) is 0 Å². The van der Waals surface area contributed by atoms with E-state index in [-0.39, 0.29) is 18.2 Å². The van der Waals surface area contributed by atoms with Gasteiger partial charge in [0.2, 0.25) is 5.91 Å². The number of nitrogens with one attached hydrogen (secondary N) is 2. The summed E-state index contributed by atoms with van der Waals surface area (Å²) in [5, 5.41) is 5.58. The zero-order valence-corrected chi connectivity index (χ0v) is 12.7. The van der Waals surface area contributed by atoms with Crippen molar-refractivity contribution >= 4 is 11.6 Å². The van der Waals surface area contributed by atoms with Crippen LogP contribution in [0, 0.1) is 6.92 Å². The van der Waals surface area contributed by atoms with E-state index in [1.165, 1.54) is 6.07 Å². The number of benzene rings is 2. The van der Waals surface area contributed by atoms with Gasteiger partial charge in [-0.1, -0.05) is 36.4 Å². The first-order chi connectivity index (χ1) is 11.1. The molecule has 0 fully saturated rings. The summed E-state index contributed by atoms with van der Waals surface area (Å²) < 4.78 is 29.0. The van der Waals surface area contributed by atoms with Crippen molar-refractivity contribution in [3.8, 4) is 5.75 Å². The molecule has 0 radical (unpaired) electrons. The second-order valence-electron chi connectivity index (χ2n) is 4.93. The SMILES string of the molecule is Cc1ccccc1CNC(=O)CNc1ccccc1OC(F)F. The van der Waals surface area contributed by atoms with E-state index in [0.717, 1.165) is 11.1 Å². The Morgan fingerprint density at radius 2 is 1.83 bits per heavy atom. The Labute approximate surface area is 133 Å². The molecule has 0 aliphatic carbocycles. The molecule has 2 rings (SSSR count). The molecular weight excluding hydrogens is 302 g/mol. The maximum atomic E-state index is 12.3. The number of aryl methyl sites for hydroxylation is 1. The number of carbonyl (C=O) groups excluding carboxylic acids is 1. The molecule has 0 aromatic heterocycles. The lowest BCUT2D eigenvalue weighted by Gasteiger charge is -2.13. The van der Waals surface area contributed by atoms with Gasteiger partial charge < -0.3 is 15.4 Å². The van der Waals surface area contributed by atoms with Gasteiger partial charge in [0.1, 0.15) is 5.75 Å². The zero-order chi connectivity index (χ0) is 16.7. The first-order valence-electron chi connectivity index (χ1n) is 7.15. The molecule has 122 valence electrons. The molecule has 2 aromatic carbocycles. The summed E-state index contributed by atoms with van der Waals surface area (Å²) in [6.07, 6.45) is 0. The highest BCUT2D eigenvalue weighted by Crippen LogP contribution is 2.25. The molecule has 0 aliphatic rings. The average molecular weight is 320 g/mol. The molecule has 2 aromatic rings. The molecule has 0 saturated heterocycles. The van der Waals surface area contributed by atoms with E-state index in [9.17, 15) is 13.6 Å². The van der Waals surface area contributed by atoms with Crippen molar-refractivity contribution < 1.29 is 18.3 Å². The van der Waals surface area contributed by atoms with E-state index < -0.39 is 6.61 Å². The summed E-state index contributed by atoms with van der Waals surface area (Å²) in [5.41, 5.74) is 2.47. The Morgan fingerprint density at radius 3 is 2.57 bits per heavy atom. The topological polar surface area (TPSA) is 50.4 Å². The lowest BCUT2D eigenvalue weighted by atomic mass is 10.1. The Balaban J connectivity index is 1.86. The highest BCUT2D eigenvalue weighted by Gasteiger charge is 2.10. The molecule has 4 nitrogen and oxygen atoms in total. The third-order valence-electron chi connectivity index (χ3n) is 3.28.